The lowest BCUT2D eigenvalue weighted by Crippen LogP contribution is -2.56. The molecule has 9 rings (SSSR count). The number of aliphatic carboxylic acids is 1. The third kappa shape index (κ3) is 11.1. The lowest BCUT2D eigenvalue weighted by atomic mass is 9.81. The van der Waals surface area contributed by atoms with Crippen LogP contribution in [0.25, 0.3) is 22.3 Å². The Bertz CT molecular complexity index is 3350. The number of aromatic nitrogens is 2. The van der Waals surface area contributed by atoms with E-state index in [4.69, 9.17) is 19.6 Å². The summed E-state index contributed by atoms with van der Waals surface area (Å²) in [6.45, 7) is 1.15. The van der Waals surface area contributed by atoms with Gasteiger partial charge < -0.3 is 61.5 Å². The molecule has 0 spiro atoms. The number of ether oxygens (including phenoxy) is 2. The number of likely N-dealkylation sites (tertiary alicyclic amines) is 1. The van der Waals surface area contributed by atoms with Gasteiger partial charge in [0, 0.05) is 47.9 Å². The highest BCUT2D eigenvalue weighted by Gasteiger charge is 2.53. The summed E-state index contributed by atoms with van der Waals surface area (Å²) in [6.07, 6.45) is 1.12. The fourth-order valence-corrected chi connectivity index (χ4v) is 10.7. The number of carboxylic acid groups (broad SMARTS) is 1. The number of imide groups is 1. The number of carboxylic acids is 1. The number of benzene rings is 2. The van der Waals surface area contributed by atoms with Gasteiger partial charge in [-0.15, -0.1) is 0 Å². The van der Waals surface area contributed by atoms with Gasteiger partial charge in [-0.25, -0.2) is 14.2 Å². The van der Waals surface area contributed by atoms with E-state index in [1.807, 2.05) is 0 Å². The summed E-state index contributed by atoms with van der Waals surface area (Å²) in [5.41, 5.74) is 0.389. The van der Waals surface area contributed by atoms with E-state index in [2.05, 4.69) is 37.2 Å². The van der Waals surface area contributed by atoms with Crippen molar-refractivity contribution in [3.63, 3.8) is 0 Å². The number of nitrogens with one attached hydrogen (secondary N) is 7. The first-order valence-electron chi connectivity index (χ1n) is 26.1. The summed E-state index contributed by atoms with van der Waals surface area (Å²) in [5.74, 6) is -9.13. The van der Waals surface area contributed by atoms with Crippen molar-refractivity contribution in [2.75, 3.05) is 39.5 Å². The van der Waals surface area contributed by atoms with Crippen LogP contribution < -0.4 is 42.8 Å². The van der Waals surface area contributed by atoms with Gasteiger partial charge >= 0.3 is 11.9 Å². The van der Waals surface area contributed by atoms with Crippen molar-refractivity contribution in [1.29, 1.82) is 0 Å². The van der Waals surface area contributed by atoms with E-state index in [1.165, 1.54) is 17.6 Å². The summed E-state index contributed by atoms with van der Waals surface area (Å²) < 4.78 is 28.2. The molecule has 0 radical (unpaired) electrons. The van der Waals surface area contributed by atoms with Crippen molar-refractivity contribution in [2.24, 2.45) is 5.92 Å². The highest BCUT2D eigenvalue weighted by Crippen LogP contribution is 2.47. The topological polar surface area (TPSA) is 352 Å². The maximum absolute atomic E-state index is 15.5. The Morgan fingerprint density at radius 3 is 2.27 bits per heavy atom. The van der Waals surface area contributed by atoms with Crippen molar-refractivity contribution < 1.29 is 72.0 Å². The first-order chi connectivity index (χ1) is 38.1. The van der Waals surface area contributed by atoms with Gasteiger partial charge in [0.1, 0.15) is 36.8 Å². The van der Waals surface area contributed by atoms with Crippen LogP contribution in [-0.4, -0.2) is 141 Å². The Kier molecular flexibility index (Phi) is 16.0. The van der Waals surface area contributed by atoms with Gasteiger partial charge in [0.2, 0.25) is 41.4 Å². The third-order valence-corrected chi connectivity index (χ3v) is 15.3. The van der Waals surface area contributed by atoms with Crippen LogP contribution in [0.15, 0.2) is 47.3 Å². The molecule has 2 aliphatic carbocycles. The van der Waals surface area contributed by atoms with E-state index < -0.39 is 145 Å². The second-order valence-corrected chi connectivity index (χ2v) is 20.5. The molecule has 4 aromatic rings. The van der Waals surface area contributed by atoms with Gasteiger partial charge in [0.05, 0.1) is 61.2 Å². The quantitative estimate of drug-likeness (QED) is 0.0223. The molecule has 26 heteroatoms. The number of aliphatic hydroxyl groups is 1. The molecule has 3 aliphatic heterocycles. The maximum atomic E-state index is 15.5. The van der Waals surface area contributed by atoms with Crippen LogP contribution in [0, 0.1) is 18.7 Å². The predicted octanol–water partition coefficient (Wildman–Crippen LogP) is -1.23. The fourth-order valence-electron chi connectivity index (χ4n) is 10.7. The minimum atomic E-state index is -2.07. The molecule has 8 amide bonds. The van der Waals surface area contributed by atoms with Crippen LogP contribution in [0.2, 0.25) is 0 Å². The number of amides is 8. The number of carbonyl (C=O) groups is 10. The zero-order valence-electron chi connectivity index (χ0n) is 43.9. The predicted molar refractivity (Wildman–Crippen MR) is 276 cm³/mol. The summed E-state index contributed by atoms with van der Waals surface area (Å²) in [7, 11) is 0. The van der Waals surface area contributed by atoms with Crippen molar-refractivity contribution in [2.45, 2.75) is 108 Å². The van der Waals surface area contributed by atoms with Crippen molar-refractivity contribution in [1.82, 2.24) is 51.7 Å². The van der Waals surface area contributed by atoms with E-state index in [0.29, 0.717) is 70.2 Å². The molecule has 9 N–H and O–H groups in total. The molecule has 25 nitrogen and oxygen atoms in total. The highest BCUT2D eigenvalue weighted by molar-refractivity contribution is 6.07. The molecule has 2 aromatic heterocycles. The Hall–Kier alpha value is -8.49. The zero-order valence-corrected chi connectivity index (χ0v) is 43.9. The molecule has 1 unspecified atom stereocenters. The van der Waals surface area contributed by atoms with Crippen molar-refractivity contribution in [3.05, 3.63) is 97.6 Å². The Balaban J connectivity index is 0.795. The van der Waals surface area contributed by atoms with Gasteiger partial charge in [0.15, 0.2) is 5.60 Å². The number of carbonyl (C=O) groups excluding carboxylic acids is 9. The number of esters is 1. The molecule has 422 valence electrons. The number of hydrogen-bond donors (Lipinski definition) is 9. The molecule has 1 saturated heterocycles. The van der Waals surface area contributed by atoms with Gasteiger partial charge in [0.25, 0.3) is 11.5 Å². The number of nitrogens with zero attached hydrogens (tertiary/aromatic N) is 3. The number of pyridine rings is 2. The molecule has 80 heavy (non-hydrogen) atoms. The van der Waals surface area contributed by atoms with E-state index in [1.54, 1.807) is 50.2 Å². The van der Waals surface area contributed by atoms with Crippen LogP contribution in [0.5, 0.6) is 0 Å². The minimum Gasteiger partial charge on any atom is -0.480 e. The maximum Gasteiger partial charge on any atom is 0.343 e. The fraction of sp³-hybridized carbons (Fsp3) is 0.444. The third-order valence-electron chi connectivity index (χ3n) is 15.3. The van der Waals surface area contributed by atoms with Crippen LogP contribution in [0.1, 0.15) is 90.9 Å². The second-order valence-electron chi connectivity index (χ2n) is 20.5. The smallest absolute Gasteiger partial charge is 0.343 e. The van der Waals surface area contributed by atoms with E-state index in [9.17, 15) is 57.8 Å². The monoisotopic (exact) mass is 1110 g/mol. The Morgan fingerprint density at radius 1 is 0.900 bits per heavy atom. The number of halogens is 1. The van der Waals surface area contributed by atoms with Gasteiger partial charge in [-0.2, -0.15) is 0 Å². The molecular weight excluding hydrogens is 1050 g/mol. The summed E-state index contributed by atoms with van der Waals surface area (Å²) >= 11 is 0. The normalized spacial score (nSPS) is 19.9. The van der Waals surface area contributed by atoms with Crippen molar-refractivity contribution >= 4 is 70.1 Å². The van der Waals surface area contributed by atoms with Gasteiger partial charge in [-0.3, -0.25) is 52.8 Å². The van der Waals surface area contributed by atoms with E-state index >= 15 is 4.39 Å². The largest absolute Gasteiger partial charge is 0.480 e. The minimum absolute atomic E-state index is 0.0280. The number of aryl methyl sites for hydroxylation is 1. The molecule has 2 aromatic carbocycles. The highest BCUT2D eigenvalue weighted by atomic mass is 19.1. The van der Waals surface area contributed by atoms with Crippen LogP contribution >= 0.6 is 0 Å². The molecule has 1 saturated carbocycles. The molecular formula is C54H59FN10O15. The van der Waals surface area contributed by atoms with E-state index in [-0.39, 0.29) is 43.5 Å². The lowest BCUT2D eigenvalue weighted by Gasteiger charge is -2.31. The van der Waals surface area contributed by atoms with Crippen molar-refractivity contribution in [3.8, 4) is 11.4 Å². The number of cyclic esters (lactones) is 1. The number of fused-ring (bicyclic) bond motifs is 5. The van der Waals surface area contributed by atoms with Crippen LogP contribution in [0.4, 0.5) is 4.39 Å². The van der Waals surface area contributed by atoms with Crippen LogP contribution in [-0.2, 0) is 89.0 Å². The molecule has 0 bridgehead atoms. The molecule has 5 aliphatic rings. The summed E-state index contributed by atoms with van der Waals surface area (Å²) in [6, 6.07) is 8.11. The zero-order chi connectivity index (χ0) is 57.4. The number of rotatable bonds is 22. The molecule has 5 atom stereocenters. The first-order valence-corrected chi connectivity index (χ1v) is 26.1. The Morgan fingerprint density at radius 2 is 1.60 bits per heavy atom. The van der Waals surface area contributed by atoms with Crippen LogP contribution in [0.3, 0.4) is 0 Å². The van der Waals surface area contributed by atoms with Gasteiger partial charge in [-0.05, 0) is 67.3 Å². The van der Waals surface area contributed by atoms with Gasteiger partial charge in [-0.1, -0.05) is 44.2 Å². The average Bonchev–Trinajstić information content (AvgIpc) is 4.22. The first kappa shape index (κ1) is 56.2. The molecule has 2 fully saturated rings. The summed E-state index contributed by atoms with van der Waals surface area (Å²) in [5, 5.41) is 38.8. The number of hydrogen-bond acceptors (Lipinski definition) is 16. The SMILES string of the molecule is CC[C@@]1(O)C(=O)OCc2c1cc1n(c2=O)Cc2c-1nc1cc(F)c(C)c3c1c2[C@@H](NC(=O)C1(OCNC(=O)CNC(=O)[C@H](Cc2ccccc2)NC(=O)CNC(=O)CNC(=O)[C@@H](CNCC(=O)O)N2C(=O)CC(C)C2=O)CC1)CC3. The second kappa shape index (κ2) is 22.7. The lowest BCUT2D eigenvalue weighted by molar-refractivity contribution is -0.172. The average molecular weight is 1110 g/mol. The molecule has 5 heterocycles. The summed E-state index contributed by atoms with van der Waals surface area (Å²) in [4.78, 5) is 149. The standard InChI is InChI=1S/C54H59FN10O15/c1-4-54(78)32-16-37-46-30(23-64(37)50(75)31(32)24-79-52(54)77)45-34(11-10-29-27(3)33(55)17-35(62-46)44(29)45)63-51(76)53(12-13-53)80-25-60-40(67)20-58-47(72)36(15-28-8-6-5-7-9-28)61-41(68)21-57-39(66)19-59-48(73)38(18-56-22-43(70)71)65-42(69)14-26(2)49(65)74/h5-9,16-17,26,34,36,38,56,78H,4,10-15,18-25H2,1-3H3,(H,57,66)(H,58,72)(H,59,73)(H,60,67)(H,61,68)(H,63,76)(H,70,71)/t26?,34-,36-,38+,54-/m0/s1. The van der Waals surface area contributed by atoms with E-state index in [0.717, 1.165) is 10.5 Å². The Labute approximate surface area is 455 Å².